The van der Waals surface area contributed by atoms with E-state index in [0.717, 1.165) is 6.54 Å². The zero-order valence-electron chi connectivity index (χ0n) is 10.5. The molecule has 0 aromatic heterocycles. The summed E-state index contributed by atoms with van der Waals surface area (Å²) in [5.74, 6) is 0.198. The molecule has 1 aliphatic heterocycles. The molecule has 0 aromatic rings. The van der Waals surface area contributed by atoms with Crippen LogP contribution in [0.15, 0.2) is 0 Å². The van der Waals surface area contributed by atoms with Crippen LogP contribution in [0.4, 0.5) is 0 Å². The molecule has 0 aromatic carbocycles. The maximum Gasteiger partial charge on any atom is 0.219 e. The molecule has 15 heavy (non-hydrogen) atoms. The van der Waals surface area contributed by atoms with Gasteiger partial charge in [-0.2, -0.15) is 0 Å². The maximum atomic E-state index is 11.5. The Balaban J connectivity index is 2.52. The van der Waals surface area contributed by atoms with Gasteiger partial charge in [-0.15, -0.1) is 0 Å². The van der Waals surface area contributed by atoms with E-state index in [-0.39, 0.29) is 5.91 Å². The molecule has 0 bridgehead atoms. The Hall–Kier alpha value is -0.570. The van der Waals surface area contributed by atoms with Crippen molar-refractivity contribution in [3.8, 4) is 0 Å². The van der Waals surface area contributed by atoms with E-state index in [1.807, 2.05) is 4.90 Å². The minimum atomic E-state index is 0.198. The van der Waals surface area contributed by atoms with Crippen LogP contribution < -0.4 is 0 Å². The van der Waals surface area contributed by atoms with Gasteiger partial charge in [0, 0.05) is 25.6 Å². The number of carbonyl (C=O) groups is 1. The van der Waals surface area contributed by atoms with Crippen LogP contribution in [0.2, 0.25) is 0 Å². The van der Waals surface area contributed by atoms with Crippen LogP contribution in [0.1, 0.15) is 40.0 Å². The van der Waals surface area contributed by atoms with Crippen molar-refractivity contribution in [1.82, 2.24) is 9.80 Å². The lowest BCUT2D eigenvalue weighted by molar-refractivity contribution is -0.131. The van der Waals surface area contributed by atoms with Gasteiger partial charge in [0.15, 0.2) is 0 Å². The molecule has 0 radical (unpaired) electrons. The molecule has 0 aliphatic carbocycles. The van der Waals surface area contributed by atoms with Gasteiger partial charge in [-0.1, -0.05) is 6.42 Å². The lowest BCUT2D eigenvalue weighted by Gasteiger charge is -2.37. The first-order chi connectivity index (χ1) is 7.02. The van der Waals surface area contributed by atoms with Crippen molar-refractivity contribution < 1.29 is 4.79 Å². The van der Waals surface area contributed by atoms with Gasteiger partial charge in [-0.25, -0.2) is 0 Å². The van der Waals surface area contributed by atoms with Crippen LogP contribution >= 0.6 is 0 Å². The summed E-state index contributed by atoms with van der Waals surface area (Å²) >= 11 is 0. The first kappa shape index (κ1) is 12.5. The quantitative estimate of drug-likeness (QED) is 0.711. The number of piperidine rings is 1. The minimum absolute atomic E-state index is 0.198. The number of nitrogens with zero attached hydrogens (tertiary/aromatic N) is 2. The predicted molar refractivity (Wildman–Crippen MR) is 62.8 cm³/mol. The number of likely N-dealkylation sites (N-methyl/N-ethyl adjacent to an activating group) is 1. The topological polar surface area (TPSA) is 23.6 Å². The fraction of sp³-hybridized carbons (Fsp3) is 0.917. The van der Waals surface area contributed by atoms with Gasteiger partial charge in [0.2, 0.25) is 5.91 Å². The lowest BCUT2D eigenvalue weighted by atomic mass is 10.0. The van der Waals surface area contributed by atoms with Crippen LogP contribution in [0, 0.1) is 0 Å². The highest BCUT2D eigenvalue weighted by Gasteiger charge is 2.23. The van der Waals surface area contributed by atoms with Gasteiger partial charge >= 0.3 is 0 Å². The summed E-state index contributed by atoms with van der Waals surface area (Å²) in [6.45, 7) is 7.91. The Morgan fingerprint density at radius 2 is 2.13 bits per heavy atom. The van der Waals surface area contributed by atoms with Crippen LogP contribution in [0.5, 0.6) is 0 Å². The molecular formula is C12H24N2O. The largest absolute Gasteiger partial charge is 0.339 e. The number of hydrogen-bond acceptors (Lipinski definition) is 2. The van der Waals surface area contributed by atoms with Crippen molar-refractivity contribution in [3.63, 3.8) is 0 Å². The van der Waals surface area contributed by atoms with Crippen LogP contribution in [-0.4, -0.2) is 47.9 Å². The summed E-state index contributed by atoms with van der Waals surface area (Å²) in [6, 6.07) is 0.878. The third kappa shape index (κ3) is 3.49. The van der Waals surface area contributed by atoms with Gasteiger partial charge < -0.3 is 9.80 Å². The molecule has 1 saturated heterocycles. The second-order valence-electron chi connectivity index (χ2n) is 4.90. The normalized spacial score (nSPS) is 23.1. The van der Waals surface area contributed by atoms with Gasteiger partial charge in [-0.3, -0.25) is 4.79 Å². The summed E-state index contributed by atoms with van der Waals surface area (Å²) < 4.78 is 0. The summed E-state index contributed by atoms with van der Waals surface area (Å²) in [5, 5.41) is 0. The molecule has 1 atom stereocenters. The number of carbonyl (C=O) groups excluding carboxylic acids is 1. The lowest BCUT2D eigenvalue weighted by Crippen LogP contribution is -2.48. The van der Waals surface area contributed by atoms with E-state index in [1.54, 1.807) is 6.92 Å². The van der Waals surface area contributed by atoms with E-state index in [4.69, 9.17) is 0 Å². The predicted octanol–water partition coefficient (Wildman–Crippen LogP) is 1.73. The molecule has 1 unspecified atom stereocenters. The first-order valence-electron chi connectivity index (χ1n) is 5.99. The Morgan fingerprint density at radius 3 is 2.60 bits per heavy atom. The molecule has 1 fully saturated rings. The van der Waals surface area contributed by atoms with E-state index >= 15 is 0 Å². The highest BCUT2D eigenvalue weighted by atomic mass is 16.2. The average Bonchev–Trinajstić information content (AvgIpc) is 2.15. The Bertz CT molecular complexity index is 216. The van der Waals surface area contributed by atoms with Crippen molar-refractivity contribution in [2.24, 2.45) is 0 Å². The van der Waals surface area contributed by atoms with Crippen molar-refractivity contribution >= 4 is 5.91 Å². The van der Waals surface area contributed by atoms with E-state index in [0.29, 0.717) is 12.1 Å². The molecule has 0 spiro atoms. The molecular weight excluding hydrogens is 188 g/mol. The van der Waals surface area contributed by atoms with Crippen LogP contribution in [0.25, 0.3) is 0 Å². The summed E-state index contributed by atoms with van der Waals surface area (Å²) in [5.41, 5.74) is 0. The molecule has 88 valence electrons. The minimum Gasteiger partial charge on any atom is -0.339 e. The van der Waals surface area contributed by atoms with E-state index in [1.165, 1.54) is 25.8 Å². The van der Waals surface area contributed by atoms with E-state index in [2.05, 4.69) is 25.8 Å². The number of hydrogen-bond donors (Lipinski definition) is 0. The van der Waals surface area contributed by atoms with Crippen LogP contribution in [0.3, 0.4) is 0 Å². The molecule has 0 saturated carbocycles. The number of amides is 1. The monoisotopic (exact) mass is 212 g/mol. The Kier molecular flexibility index (Phi) is 4.58. The highest BCUT2D eigenvalue weighted by molar-refractivity contribution is 5.73. The third-order valence-corrected chi connectivity index (χ3v) is 3.36. The zero-order chi connectivity index (χ0) is 11.4. The van der Waals surface area contributed by atoms with Crippen LogP contribution in [-0.2, 0) is 4.79 Å². The van der Waals surface area contributed by atoms with E-state index < -0.39 is 0 Å². The standard InChI is InChI=1S/C12H24N2O/c1-10(2)14(11(3)15)9-12-7-5-6-8-13(12)4/h10,12H,5-9H2,1-4H3. The Labute approximate surface area is 93.4 Å². The third-order valence-electron chi connectivity index (χ3n) is 3.36. The molecule has 1 amide bonds. The first-order valence-corrected chi connectivity index (χ1v) is 5.99. The van der Waals surface area contributed by atoms with E-state index in [9.17, 15) is 4.79 Å². The summed E-state index contributed by atoms with van der Waals surface area (Å²) in [6.07, 6.45) is 3.83. The van der Waals surface area contributed by atoms with Crippen molar-refractivity contribution in [1.29, 1.82) is 0 Å². The SMILES string of the molecule is CC(=O)N(CC1CCCCN1C)C(C)C. The fourth-order valence-corrected chi connectivity index (χ4v) is 2.30. The molecule has 1 aliphatic rings. The fourth-order valence-electron chi connectivity index (χ4n) is 2.30. The van der Waals surface area contributed by atoms with Crippen molar-refractivity contribution in [2.45, 2.75) is 52.1 Å². The van der Waals surface area contributed by atoms with Gasteiger partial charge in [0.1, 0.15) is 0 Å². The summed E-state index contributed by atoms with van der Waals surface area (Å²) in [4.78, 5) is 15.8. The van der Waals surface area contributed by atoms with Gasteiger partial charge in [-0.05, 0) is 40.3 Å². The smallest absolute Gasteiger partial charge is 0.219 e. The molecule has 3 nitrogen and oxygen atoms in total. The Morgan fingerprint density at radius 1 is 1.47 bits per heavy atom. The second kappa shape index (κ2) is 5.50. The second-order valence-corrected chi connectivity index (χ2v) is 4.90. The summed E-state index contributed by atoms with van der Waals surface area (Å²) in [7, 11) is 2.17. The average molecular weight is 212 g/mol. The van der Waals surface area contributed by atoms with Crippen molar-refractivity contribution in [3.05, 3.63) is 0 Å². The highest BCUT2D eigenvalue weighted by Crippen LogP contribution is 2.17. The molecule has 0 N–H and O–H groups in total. The maximum absolute atomic E-state index is 11.5. The number of likely N-dealkylation sites (tertiary alicyclic amines) is 1. The molecule has 1 heterocycles. The van der Waals surface area contributed by atoms with Gasteiger partial charge in [0.25, 0.3) is 0 Å². The van der Waals surface area contributed by atoms with Crippen molar-refractivity contribution in [2.75, 3.05) is 20.1 Å². The molecule has 3 heteroatoms. The molecule has 1 rings (SSSR count). The zero-order valence-corrected chi connectivity index (χ0v) is 10.5. The van der Waals surface area contributed by atoms with Gasteiger partial charge in [0.05, 0.1) is 0 Å². The number of rotatable bonds is 3.